The third-order valence-corrected chi connectivity index (χ3v) is 4.57. The molecule has 5 nitrogen and oxygen atoms in total. The minimum absolute atomic E-state index is 0.0128. The molecule has 132 valence electrons. The summed E-state index contributed by atoms with van der Waals surface area (Å²) in [4.78, 5) is 28.5. The average Bonchev–Trinajstić information content (AvgIpc) is 2.61. The van der Waals surface area contributed by atoms with Crippen LogP contribution in [-0.2, 0) is 4.79 Å². The van der Waals surface area contributed by atoms with Gasteiger partial charge in [-0.1, -0.05) is 30.3 Å². The maximum absolute atomic E-state index is 12.6. The third-order valence-electron chi connectivity index (χ3n) is 4.57. The lowest BCUT2D eigenvalue weighted by Gasteiger charge is -2.33. The SMILES string of the molecule is CN(C)CC(=O)N1CCCC(NC(=O)c2ccc3ccccc3c2)C1. The Morgan fingerprint density at radius 1 is 1.16 bits per heavy atom. The van der Waals surface area contributed by atoms with Crippen molar-refractivity contribution >= 4 is 22.6 Å². The molecular weight excluding hydrogens is 314 g/mol. The van der Waals surface area contributed by atoms with Gasteiger partial charge in [-0.15, -0.1) is 0 Å². The van der Waals surface area contributed by atoms with Crippen LogP contribution in [0.4, 0.5) is 0 Å². The van der Waals surface area contributed by atoms with Crippen molar-refractivity contribution in [2.24, 2.45) is 0 Å². The van der Waals surface area contributed by atoms with Gasteiger partial charge in [-0.25, -0.2) is 0 Å². The Balaban J connectivity index is 1.64. The number of nitrogens with one attached hydrogen (secondary N) is 1. The van der Waals surface area contributed by atoms with Crippen molar-refractivity contribution in [3.05, 3.63) is 48.0 Å². The summed E-state index contributed by atoms with van der Waals surface area (Å²) in [6, 6.07) is 13.8. The van der Waals surface area contributed by atoms with E-state index >= 15 is 0 Å². The Morgan fingerprint density at radius 3 is 2.68 bits per heavy atom. The zero-order valence-electron chi connectivity index (χ0n) is 14.9. The van der Waals surface area contributed by atoms with E-state index in [-0.39, 0.29) is 17.9 Å². The number of carbonyl (C=O) groups excluding carboxylic acids is 2. The summed E-state index contributed by atoms with van der Waals surface area (Å²) in [5, 5.41) is 5.27. The fourth-order valence-electron chi connectivity index (χ4n) is 3.29. The van der Waals surface area contributed by atoms with Crippen LogP contribution in [0.5, 0.6) is 0 Å². The molecule has 1 saturated heterocycles. The Bertz CT molecular complexity index is 772. The lowest BCUT2D eigenvalue weighted by Crippen LogP contribution is -2.51. The summed E-state index contributed by atoms with van der Waals surface area (Å²) in [6.07, 6.45) is 1.83. The van der Waals surface area contributed by atoms with Crippen LogP contribution in [0, 0.1) is 0 Å². The van der Waals surface area contributed by atoms with Crippen LogP contribution in [0.15, 0.2) is 42.5 Å². The number of benzene rings is 2. The van der Waals surface area contributed by atoms with Gasteiger partial charge in [0, 0.05) is 24.7 Å². The average molecular weight is 339 g/mol. The van der Waals surface area contributed by atoms with E-state index in [1.807, 2.05) is 66.4 Å². The van der Waals surface area contributed by atoms with Gasteiger partial charge in [-0.05, 0) is 49.8 Å². The highest BCUT2D eigenvalue weighted by molar-refractivity contribution is 5.98. The summed E-state index contributed by atoms with van der Waals surface area (Å²) in [5.74, 6) is 0.0484. The molecule has 0 bridgehead atoms. The molecule has 2 aromatic carbocycles. The molecule has 1 aliphatic heterocycles. The van der Waals surface area contributed by atoms with E-state index in [0.717, 1.165) is 30.2 Å². The highest BCUT2D eigenvalue weighted by atomic mass is 16.2. The van der Waals surface area contributed by atoms with Gasteiger partial charge in [0.05, 0.1) is 6.54 Å². The molecule has 5 heteroatoms. The highest BCUT2D eigenvalue weighted by Crippen LogP contribution is 2.17. The number of hydrogen-bond acceptors (Lipinski definition) is 3. The molecule has 0 spiro atoms. The van der Waals surface area contributed by atoms with Crippen molar-refractivity contribution in [2.75, 3.05) is 33.7 Å². The minimum atomic E-state index is -0.0716. The van der Waals surface area contributed by atoms with Crippen LogP contribution in [0.2, 0.25) is 0 Å². The Hall–Kier alpha value is -2.40. The molecule has 2 amide bonds. The van der Waals surface area contributed by atoms with Crippen molar-refractivity contribution in [1.29, 1.82) is 0 Å². The molecule has 1 N–H and O–H groups in total. The molecule has 25 heavy (non-hydrogen) atoms. The molecule has 1 atom stereocenters. The minimum Gasteiger partial charge on any atom is -0.348 e. The Morgan fingerprint density at radius 2 is 1.92 bits per heavy atom. The van der Waals surface area contributed by atoms with Gasteiger partial charge in [-0.3, -0.25) is 9.59 Å². The van der Waals surface area contributed by atoms with Crippen LogP contribution >= 0.6 is 0 Å². The van der Waals surface area contributed by atoms with E-state index in [4.69, 9.17) is 0 Å². The van der Waals surface area contributed by atoms with Crippen molar-refractivity contribution in [1.82, 2.24) is 15.1 Å². The second-order valence-corrected chi connectivity index (χ2v) is 6.95. The number of likely N-dealkylation sites (N-methyl/N-ethyl adjacent to an activating group) is 1. The van der Waals surface area contributed by atoms with Gasteiger partial charge in [0.15, 0.2) is 0 Å². The predicted octanol–water partition coefficient (Wildman–Crippen LogP) is 2.12. The number of fused-ring (bicyclic) bond motifs is 1. The highest BCUT2D eigenvalue weighted by Gasteiger charge is 2.25. The number of carbonyl (C=O) groups is 2. The molecule has 1 heterocycles. The molecule has 1 unspecified atom stereocenters. The van der Waals surface area contributed by atoms with Crippen LogP contribution in [0.1, 0.15) is 23.2 Å². The summed E-state index contributed by atoms with van der Waals surface area (Å²) in [7, 11) is 3.78. The second-order valence-electron chi connectivity index (χ2n) is 6.95. The van der Waals surface area contributed by atoms with E-state index in [9.17, 15) is 9.59 Å². The van der Waals surface area contributed by atoms with Gasteiger partial charge >= 0.3 is 0 Å². The maximum Gasteiger partial charge on any atom is 0.251 e. The Labute approximate surface area is 148 Å². The molecule has 0 aliphatic carbocycles. The predicted molar refractivity (Wildman–Crippen MR) is 99.6 cm³/mol. The van der Waals surface area contributed by atoms with Crippen LogP contribution in [-0.4, -0.2) is 61.4 Å². The first kappa shape index (κ1) is 17.4. The third kappa shape index (κ3) is 4.37. The number of likely N-dealkylation sites (tertiary alicyclic amines) is 1. The molecule has 0 aromatic heterocycles. The van der Waals surface area contributed by atoms with Crippen molar-refractivity contribution in [3.8, 4) is 0 Å². The van der Waals surface area contributed by atoms with Gasteiger partial charge in [-0.2, -0.15) is 0 Å². The normalized spacial score (nSPS) is 17.7. The molecule has 1 fully saturated rings. The van der Waals surface area contributed by atoms with E-state index in [1.165, 1.54) is 0 Å². The first-order valence-corrected chi connectivity index (χ1v) is 8.75. The first-order chi connectivity index (χ1) is 12.0. The van der Waals surface area contributed by atoms with E-state index in [2.05, 4.69) is 5.32 Å². The van der Waals surface area contributed by atoms with Crippen molar-refractivity contribution in [2.45, 2.75) is 18.9 Å². The lowest BCUT2D eigenvalue weighted by atomic mass is 10.0. The van der Waals surface area contributed by atoms with Gasteiger partial charge in [0.25, 0.3) is 5.91 Å². The second kappa shape index (κ2) is 7.66. The number of rotatable bonds is 4. The Kier molecular flexibility index (Phi) is 5.34. The van der Waals surface area contributed by atoms with Crippen molar-refractivity contribution < 1.29 is 9.59 Å². The molecule has 2 aromatic rings. The quantitative estimate of drug-likeness (QED) is 0.928. The molecule has 1 aliphatic rings. The summed E-state index contributed by atoms with van der Waals surface area (Å²) < 4.78 is 0. The van der Waals surface area contributed by atoms with Crippen molar-refractivity contribution in [3.63, 3.8) is 0 Å². The van der Waals surface area contributed by atoms with Crippen LogP contribution in [0.3, 0.4) is 0 Å². The standard InChI is InChI=1S/C20H25N3O2/c1-22(2)14-19(24)23-11-5-8-18(13-23)21-20(25)17-10-9-15-6-3-4-7-16(15)12-17/h3-4,6-7,9-10,12,18H,5,8,11,13-14H2,1-2H3,(H,21,25). The van der Waals surface area contributed by atoms with E-state index in [0.29, 0.717) is 18.7 Å². The molecule has 0 saturated carbocycles. The fourth-order valence-corrected chi connectivity index (χ4v) is 3.29. The number of nitrogens with zero attached hydrogens (tertiary/aromatic N) is 2. The zero-order chi connectivity index (χ0) is 17.8. The van der Waals surface area contributed by atoms with E-state index < -0.39 is 0 Å². The summed E-state index contributed by atoms with van der Waals surface area (Å²) in [5.41, 5.74) is 0.662. The van der Waals surface area contributed by atoms with Crippen LogP contribution in [0.25, 0.3) is 10.8 Å². The lowest BCUT2D eigenvalue weighted by molar-refractivity contribution is -0.133. The molecule has 3 rings (SSSR count). The monoisotopic (exact) mass is 339 g/mol. The van der Waals surface area contributed by atoms with Gasteiger partial charge < -0.3 is 15.1 Å². The van der Waals surface area contributed by atoms with Crippen LogP contribution < -0.4 is 5.32 Å². The summed E-state index contributed by atoms with van der Waals surface area (Å²) >= 11 is 0. The first-order valence-electron chi connectivity index (χ1n) is 8.75. The number of amides is 2. The molecule has 0 radical (unpaired) electrons. The topological polar surface area (TPSA) is 52.7 Å². The van der Waals surface area contributed by atoms with Gasteiger partial charge in [0.1, 0.15) is 0 Å². The maximum atomic E-state index is 12.6. The summed E-state index contributed by atoms with van der Waals surface area (Å²) in [6.45, 7) is 1.77. The molecular formula is C20H25N3O2. The largest absolute Gasteiger partial charge is 0.348 e. The number of hydrogen-bond donors (Lipinski definition) is 1. The smallest absolute Gasteiger partial charge is 0.251 e. The van der Waals surface area contributed by atoms with E-state index in [1.54, 1.807) is 0 Å². The zero-order valence-corrected chi connectivity index (χ0v) is 14.9. The fraction of sp³-hybridized carbons (Fsp3) is 0.400. The number of piperidine rings is 1. The van der Waals surface area contributed by atoms with Gasteiger partial charge in [0.2, 0.25) is 5.91 Å².